The first-order chi connectivity index (χ1) is 8.10. The summed E-state index contributed by atoms with van der Waals surface area (Å²) in [4.78, 5) is 4.20. The lowest BCUT2D eigenvalue weighted by molar-refractivity contribution is -0.797. The average Bonchev–Trinajstić information content (AvgIpc) is 2.69. The summed E-state index contributed by atoms with van der Waals surface area (Å²) >= 11 is 0. The second kappa shape index (κ2) is 4.80. The molecule has 0 saturated heterocycles. The van der Waals surface area contributed by atoms with Crippen LogP contribution in [0, 0.1) is 11.7 Å². The van der Waals surface area contributed by atoms with Crippen LogP contribution in [-0.4, -0.2) is 17.4 Å². The fourth-order valence-corrected chi connectivity index (χ4v) is 2.26. The molecule has 1 atom stereocenters. The molecule has 1 aromatic carbocycles. The molecule has 1 unspecified atom stereocenters. The number of quaternary nitrogens is 1. The SMILES string of the molecule is CC(C)C[N+]1(Cc2ccc(F)cc2)C=CN=C1. The van der Waals surface area contributed by atoms with E-state index < -0.39 is 0 Å². The molecule has 17 heavy (non-hydrogen) atoms. The number of hydrogen-bond acceptors (Lipinski definition) is 1. The normalized spacial score (nSPS) is 22.6. The van der Waals surface area contributed by atoms with Crippen LogP contribution < -0.4 is 0 Å². The minimum Gasteiger partial charge on any atom is -0.250 e. The topological polar surface area (TPSA) is 12.4 Å². The van der Waals surface area contributed by atoms with Gasteiger partial charge in [0.2, 0.25) is 0 Å². The van der Waals surface area contributed by atoms with E-state index in [0.717, 1.165) is 23.1 Å². The molecule has 1 aromatic rings. The standard InChI is InChI=1S/C14H18FN2/c1-12(2)9-17(8-7-16-11-17)10-13-3-5-14(15)6-4-13/h3-8,11-12H,9-10H2,1-2H3/q+1. The molecule has 0 saturated carbocycles. The van der Waals surface area contributed by atoms with E-state index in [1.807, 2.05) is 24.7 Å². The van der Waals surface area contributed by atoms with Gasteiger partial charge in [0.05, 0.1) is 12.7 Å². The predicted octanol–water partition coefficient (Wildman–Crippen LogP) is 3.31. The fourth-order valence-electron chi connectivity index (χ4n) is 2.26. The van der Waals surface area contributed by atoms with Crippen molar-refractivity contribution in [3.63, 3.8) is 0 Å². The van der Waals surface area contributed by atoms with Gasteiger partial charge in [-0.2, -0.15) is 0 Å². The molecule has 0 N–H and O–H groups in total. The summed E-state index contributed by atoms with van der Waals surface area (Å²) in [6.07, 6.45) is 5.90. The van der Waals surface area contributed by atoms with E-state index in [9.17, 15) is 4.39 Å². The van der Waals surface area contributed by atoms with Gasteiger partial charge in [0.25, 0.3) is 0 Å². The summed E-state index contributed by atoms with van der Waals surface area (Å²) in [6, 6.07) is 6.71. The van der Waals surface area contributed by atoms with Crippen molar-refractivity contribution in [1.29, 1.82) is 0 Å². The zero-order valence-electron chi connectivity index (χ0n) is 10.3. The quantitative estimate of drug-likeness (QED) is 0.707. The molecule has 0 aromatic heterocycles. The van der Waals surface area contributed by atoms with Gasteiger partial charge in [0, 0.05) is 11.5 Å². The molecular formula is C14H18FN2+. The summed E-state index contributed by atoms with van der Waals surface area (Å²) in [7, 11) is 0. The molecule has 1 aliphatic heterocycles. The highest BCUT2D eigenvalue weighted by molar-refractivity contribution is 5.51. The van der Waals surface area contributed by atoms with Crippen molar-refractivity contribution in [3.05, 3.63) is 48.0 Å². The summed E-state index contributed by atoms with van der Waals surface area (Å²) in [6.45, 7) is 6.24. The van der Waals surface area contributed by atoms with E-state index in [0.29, 0.717) is 5.92 Å². The highest BCUT2D eigenvalue weighted by Gasteiger charge is 2.27. The van der Waals surface area contributed by atoms with Crippen LogP contribution in [0.4, 0.5) is 4.39 Å². The van der Waals surface area contributed by atoms with Gasteiger partial charge in [-0.15, -0.1) is 0 Å². The van der Waals surface area contributed by atoms with Crippen LogP contribution in [-0.2, 0) is 6.54 Å². The minimum absolute atomic E-state index is 0.185. The lowest BCUT2D eigenvalue weighted by Crippen LogP contribution is -2.41. The third-order valence-corrected chi connectivity index (χ3v) is 2.84. The van der Waals surface area contributed by atoms with Crippen LogP contribution in [0.3, 0.4) is 0 Å². The number of aliphatic imine (C=N–C) groups is 1. The summed E-state index contributed by atoms with van der Waals surface area (Å²) in [5.74, 6) is 0.402. The fraction of sp³-hybridized carbons (Fsp3) is 0.357. The van der Waals surface area contributed by atoms with Crippen molar-refractivity contribution < 1.29 is 8.87 Å². The van der Waals surface area contributed by atoms with Gasteiger partial charge in [-0.25, -0.2) is 13.9 Å². The van der Waals surface area contributed by atoms with Crippen molar-refractivity contribution in [2.75, 3.05) is 6.54 Å². The zero-order valence-corrected chi connectivity index (χ0v) is 10.3. The Kier molecular flexibility index (Phi) is 3.38. The largest absolute Gasteiger partial charge is 0.250 e. The van der Waals surface area contributed by atoms with Gasteiger partial charge in [-0.05, 0) is 12.1 Å². The average molecular weight is 233 g/mol. The lowest BCUT2D eigenvalue weighted by atomic mass is 10.1. The molecule has 0 fully saturated rings. The molecule has 0 radical (unpaired) electrons. The Hall–Kier alpha value is -1.48. The Morgan fingerprint density at radius 3 is 2.47 bits per heavy atom. The van der Waals surface area contributed by atoms with Crippen LogP contribution in [0.15, 0.2) is 41.7 Å². The molecule has 0 spiro atoms. The maximum Gasteiger partial charge on any atom is 0.195 e. The highest BCUT2D eigenvalue weighted by atomic mass is 19.1. The van der Waals surface area contributed by atoms with Gasteiger partial charge >= 0.3 is 0 Å². The van der Waals surface area contributed by atoms with Crippen LogP contribution in [0.25, 0.3) is 0 Å². The van der Waals surface area contributed by atoms with Crippen molar-refractivity contribution in [2.45, 2.75) is 20.4 Å². The first kappa shape index (κ1) is 12.0. The Morgan fingerprint density at radius 1 is 1.24 bits per heavy atom. The van der Waals surface area contributed by atoms with Crippen molar-refractivity contribution >= 4 is 6.34 Å². The number of benzene rings is 1. The second-order valence-electron chi connectivity index (χ2n) is 5.03. The van der Waals surface area contributed by atoms with Crippen LogP contribution >= 0.6 is 0 Å². The molecule has 1 heterocycles. The monoisotopic (exact) mass is 233 g/mol. The molecule has 0 amide bonds. The van der Waals surface area contributed by atoms with Crippen LogP contribution in [0.5, 0.6) is 0 Å². The lowest BCUT2D eigenvalue weighted by Gasteiger charge is -2.29. The Labute approximate surface area is 102 Å². The summed E-state index contributed by atoms with van der Waals surface area (Å²) < 4.78 is 13.6. The van der Waals surface area contributed by atoms with E-state index in [1.54, 1.807) is 0 Å². The first-order valence-electron chi connectivity index (χ1n) is 5.93. The smallest absolute Gasteiger partial charge is 0.195 e. The molecule has 2 rings (SSSR count). The molecule has 1 aliphatic rings. The molecule has 2 nitrogen and oxygen atoms in total. The van der Waals surface area contributed by atoms with E-state index in [4.69, 9.17) is 0 Å². The first-order valence-corrected chi connectivity index (χ1v) is 5.93. The number of nitrogens with zero attached hydrogens (tertiary/aromatic N) is 2. The van der Waals surface area contributed by atoms with Gasteiger partial charge in [0.1, 0.15) is 18.6 Å². The van der Waals surface area contributed by atoms with Gasteiger partial charge in [-0.1, -0.05) is 26.0 Å². The van der Waals surface area contributed by atoms with E-state index in [-0.39, 0.29) is 5.82 Å². The molecule has 90 valence electrons. The van der Waals surface area contributed by atoms with E-state index >= 15 is 0 Å². The third-order valence-electron chi connectivity index (χ3n) is 2.84. The van der Waals surface area contributed by atoms with Gasteiger partial charge in [0.15, 0.2) is 6.34 Å². The maximum atomic E-state index is 12.9. The van der Waals surface area contributed by atoms with Gasteiger partial charge < -0.3 is 0 Å². The summed E-state index contributed by atoms with van der Waals surface area (Å²) in [5, 5.41) is 0. The molecular weight excluding hydrogens is 215 g/mol. The number of rotatable bonds is 4. The highest BCUT2D eigenvalue weighted by Crippen LogP contribution is 2.20. The molecule has 3 heteroatoms. The van der Waals surface area contributed by atoms with Crippen molar-refractivity contribution in [1.82, 2.24) is 0 Å². The van der Waals surface area contributed by atoms with Crippen molar-refractivity contribution in [2.24, 2.45) is 10.9 Å². The van der Waals surface area contributed by atoms with Gasteiger partial charge in [-0.3, -0.25) is 0 Å². The predicted molar refractivity (Wildman–Crippen MR) is 67.7 cm³/mol. The minimum atomic E-state index is -0.185. The van der Waals surface area contributed by atoms with E-state index in [1.165, 1.54) is 12.1 Å². The third kappa shape index (κ3) is 3.01. The van der Waals surface area contributed by atoms with Crippen LogP contribution in [0.2, 0.25) is 0 Å². The molecule has 0 aliphatic carbocycles. The number of hydrogen-bond donors (Lipinski definition) is 0. The Balaban J connectivity index is 2.16. The maximum absolute atomic E-state index is 12.9. The second-order valence-corrected chi connectivity index (χ2v) is 5.03. The Morgan fingerprint density at radius 2 is 1.94 bits per heavy atom. The van der Waals surface area contributed by atoms with E-state index in [2.05, 4.69) is 25.0 Å². The Bertz CT molecular complexity index is 420. The molecule has 0 bridgehead atoms. The number of halogens is 1. The van der Waals surface area contributed by atoms with Crippen LogP contribution in [0.1, 0.15) is 19.4 Å². The zero-order chi connectivity index (χ0) is 12.3. The summed E-state index contributed by atoms with van der Waals surface area (Å²) in [5.41, 5.74) is 1.13. The van der Waals surface area contributed by atoms with Crippen molar-refractivity contribution in [3.8, 4) is 0 Å².